The fourth-order valence-corrected chi connectivity index (χ4v) is 1.96. The van der Waals surface area contributed by atoms with Crippen LogP contribution in [0.3, 0.4) is 0 Å². The SMILES string of the molecule is C=C1C=CC=CC1CC=C(C)Nc1ccccc1. The van der Waals surface area contributed by atoms with Gasteiger partial charge < -0.3 is 5.32 Å². The Morgan fingerprint density at radius 3 is 2.78 bits per heavy atom. The average molecular weight is 237 g/mol. The highest BCUT2D eigenvalue weighted by Gasteiger charge is 2.07. The van der Waals surface area contributed by atoms with Crippen molar-refractivity contribution in [3.05, 3.63) is 78.6 Å². The van der Waals surface area contributed by atoms with Crippen molar-refractivity contribution < 1.29 is 0 Å². The second-order valence-electron chi connectivity index (χ2n) is 4.54. The van der Waals surface area contributed by atoms with Gasteiger partial charge in [0.2, 0.25) is 0 Å². The van der Waals surface area contributed by atoms with Crippen molar-refractivity contribution in [2.45, 2.75) is 13.3 Å². The van der Waals surface area contributed by atoms with E-state index in [0.29, 0.717) is 5.92 Å². The highest BCUT2D eigenvalue weighted by molar-refractivity contribution is 5.47. The first-order valence-corrected chi connectivity index (χ1v) is 6.28. The van der Waals surface area contributed by atoms with Crippen molar-refractivity contribution in [1.82, 2.24) is 0 Å². The summed E-state index contributed by atoms with van der Waals surface area (Å²) >= 11 is 0. The molecule has 0 heterocycles. The van der Waals surface area contributed by atoms with Gasteiger partial charge in [-0.15, -0.1) is 0 Å². The van der Waals surface area contributed by atoms with E-state index in [1.54, 1.807) is 0 Å². The molecule has 1 heteroatoms. The van der Waals surface area contributed by atoms with Gasteiger partial charge in [-0.05, 0) is 31.1 Å². The molecule has 0 aromatic heterocycles. The van der Waals surface area contributed by atoms with E-state index in [0.717, 1.165) is 12.1 Å². The summed E-state index contributed by atoms with van der Waals surface area (Å²) in [6.45, 7) is 6.17. The van der Waals surface area contributed by atoms with E-state index in [4.69, 9.17) is 0 Å². The molecular formula is C17H19N. The summed E-state index contributed by atoms with van der Waals surface area (Å²) in [5.74, 6) is 0.433. The average Bonchev–Trinajstić information content (AvgIpc) is 2.39. The van der Waals surface area contributed by atoms with Crippen LogP contribution in [-0.2, 0) is 0 Å². The van der Waals surface area contributed by atoms with Crippen LogP contribution in [0.4, 0.5) is 5.69 Å². The Kier molecular flexibility index (Phi) is 4.19. The summed E-state index contributed by atoms with van der Waals surface area (Å²) in [5, 5.41) is 3.39. The molecule has 0 radical (unpaired) electrons. The van der Waals surface area contributed by atoms with Gasteiger partial charge in [0.1, 0.15) is 0 Å². The molecule has 0 spiro atoms. The van der Waals surface area contributed by atoms with Gasteiger partial charge in [0, 0.05) is 17.3 Å². The topological polar surface area (TPSA) is 12.0 Å². The standard InChI is InChI=1S/C17H19N/c1-14-8-6-7-9-16(14)13-12-15(2)18-17-10-4-3-5-11-17/h3-12,16,18H,1,13H2,2H3. The molecule has 92 valence electrons. The van der Waals surface area contributed by atoms with E-state index in [2.05, 4.69) is 55.3 Å². The predicted molar refractivity (Wildman–Crippen MR) is 79.3 cm³/mol. The Labute approximate surface area is 109 Å². The molecular weight excluding hydrogens is 218 g/mol. The molecule has 0 amide bonds. The van der Waals surface area contributed by atoms with Gasteiger partial charge in [-0.25, -0.2) is 0 Å². The monoisotopic (exact) mass is 237 g/mol. The summed E-state index contributed by atoms with van der Waals surface area (Å²) in [5.41, 5.74) is 3.49. The molecule has 1 atom stereocenters. The third-order valence-corrected chi connectivity index (χ3v) is 3.03. The number of nitrogens with one attached hydrogen (secondary N) is 1. The van der Waals surface area contributed by atoms with Gasteiger partial charge in [-0.1, -0.05) is 55.2 Å². The minimum absolute atomic E-state index is 0.433. The Morgan fingerprint density at radius 1 is 1.28 bits per heavy atom. The Morgan fingerprint density at radius 2 is 2.06 bits per heavy atom. The zero-order valence-corrected chi connectivity index (χ0v) is 10.8. The molecule has 0 fully saturated rings. The molecule has 0 bridgehead atoms. The maximum absolute atomic E-state index is 4.07. The first-order chi connectivity index (χ1) is 8.75. The molecule has 1 nitrogen and oxygen atoms in total. The number of benzene rings is 1. The molecule has 1 unspecified atom stereocenters. The normalized spacial score (nSPS) is 19.1. The van der Waals surface area contributed by atoms with Gasteiger partial charge >= 0.3 is 0 Å². The van der Waals surface area contributed by atoms with E-state index in [9.17, 15) is 0 Å². The van der Waals surface area contributed by atoms with Crippen molar-refractivity contribution >= 4 is 5.69 Å². The van der Waals surface area contributed by atoms with E-state index in [1.807, 2.05) is 24.3 Å². The second kappa shape index (κ2) is 6.06. The van der Waals surface area contributed by atoms with Crippen LogP contribution in [-0.4, -0.2) is 0 Å². The number of para-hydroxylation sites is 1. The van der Waals surface area contributed by atoms with Crippen LogP contribution < -0.4 is 5.32 Å². The van der Waals surface area contributed by atoms with E-state index < -0.39 is 0 Å². The van der Waals surface area contributed by atoms with Gasteiger partial charge in [-0.3, -0.25) is 0 Å². The number of allylic oxidation sites excluding steroid dienone is 7. The van der Waals surface area contributed by atoms with Crippen molar-refractivity contribution in [3.63, 3.8) is 0 Å². The molecule has 1 N–H and O–H groups in total. The lowest BCUT2D eigenvalue weighted by Crippen LogP contribution is -2.01. The van der Waals surface area contributed by atoms with Crippen LogP contribution >= 0.6 is 0 Å². The van der Waals surface area contributed by atoms with Crippen molar-refractivity contribution in [2.75, 3.05) is 5.32 Å². The second-order valence-corrected chi connectivity index (χ2v) is 4.54. The smallest absolute Gasteiger partial charge is 0.0381 e. The molecule has 0 saturated heterocycles. The van der Waals surface area contributed by atoms with Crippen LogP contribution in [0.15, 0.2) is 78.6 Å². The largest absolute Gasteiger partial charge is 0.359 e. The third-order valence-electron chi connectivity index (χ3n) is 3.03. The fourth-order valence-electron chi connectivity index (χ4n) is 1.96. The first-order valence-electron chi connectivity index (χ1n) is 6.28. The zero-order chi connectivity index (χ0) is 12.8. The first kappa shape index (κ1) is 12.4. The van der Waals surface area contributed by atoms with Gasteiger partial charge in [-0.2, -0.15) is 0 Å². The van der Waals surface area contributed by atoms with E-state index in [1.165, 1.54) is 11.3 Å². The Bertz CT molecular complexity index is 492. The molecule has 0 aliphatic heterocycles. The van der Waals surface area contributed by atoms with E-state index in [-0.39, 0.29) is 0 Å². The molecule has 2 rings (SSSR count). The molecule has 1 aromatic rings. The fraction of sp³-hybridized carbons (Fsp3) is 0.176. The molecule has 1 aliphatic carbocycles. The molecule has 0 saturated carbocycles. The van der Waals surface area contributed by atoms with Crippen molar-refractivity contribution in [2.24, 2.45) is 5.92 Å². The zero-order valence-electron chi connectivity index (χ0n) is 10.8. The van der Waals surface area contributed by atoms with Gasteiger partial charge in [0.25, 0.3) is 0 Å². The van der Waals surface area contributed by atoms with Crippen molar-refractivity contribution in [3.8, 4) is 0 Å². The quantitative estimate of drug-likeness (QED) is 0.801. The molecule has 18 heavy (non-hydrogen) atoms. The lowest BCUT2D eigenvalue weighted by Gasteiger charge is -2.14. The van der Waals surface area contributed by atoms with Crippen LogP contribution in [0.5, 0.6) is 0 Å². The van der Waals surface area contributed by atoms with Crippen LogP contribution in [0.2, 0.25) is 0 Å². The van der Waals surface area contributed by atoms with Crippen LogP contribution in [0, 0.1) is 5.92 Å². The summed E-state index contributed by atoms with van der Waals surface area (Å²) in [4.78, 5) is 0. The number of anilines is 1. The Balaban J connectivity index is 1.91. The van der Waals surface area contributed by atoms with Gasteiger partial charge in [0.05, 0.1) is 0 Å². The maximum Gasteiger partial charge on any atom is 0.0381 e. The minimum Gasteiger partial charge on any atom is -0.359 e. The molecule has 1 aromatic carbocycles. The molecule has 1 aliphatic rings. The highest BCUT2D eigenvalue weighted by Crippen LogP contribution is 2.21. The Hall–Kier alpha value is -2.02. The lowest BCUT2D eigenvalue weighted by molar-refractivity contribution is 0.789. The van der Waals surface area contributed by atoms with Crippen LogP contribution in [0.25, 0.3) is 0 Å². The summed E-state index contributed by atoms with van der Waals surface area (Å²) < 4.78 is 0. The van der Waals surface area contributed by atoms with E-state index >= 15 is 0 Å². The minimum atomic E-state index is 0.433. The number of hydrogen-bond donors (Lipinski definition) is 1. The highest BCUT2D eigenvalue weighted by atomic mass is 14.9. The van der Waals surface area contributed by atoms with Gasteiger partial charge in [0.15, 0.2) is 0 Å². The lowest BCUT2D eigenvalue weighted by atomic mass is 9.92. The predicted octanol–water partition coefficient (Wildman–Crippen LogP) is 4.69. The summed E-state index contributed by atoms with van der Waals surface area (Å²) in [6, 6.07) is 10.2. The third kappa shape index (κ3) is 3.49. The summed E-state index contributed by atoms with van der Waals surface area (Å²) in [7, 11) is 0. The van der Waals surface area contributed by atoms with Crippen LogP contribution in [0.1, 0.15) is 13.3 Å². The number of hydrogen-bond acceptors (Lipinski definition) is 1. The maximum atomic E-state index is 4.07. The number of rotatable bonds is 4. The van der Waals surface area contributed by atoms with Crippen molar-refractivity contribution in [1.29, 1.82) is 0 Å². The summed E-state index contributed by atoms with van der Waals surface area (Å²) in [6.07, 6.45) is 11.6.